The average molecular weight is 328 g/mol. The minimum Gasteiger partial charge on any atom is -0.378 e. The van der Waals surface area contributed by atoms with E-state index in [0.29, 0.717) is 17.1 Å². The summed E-state index contributed by atoms with van der Waals surface area (Å²) in [6.45, 7) is 0.466. The number of tetrazole rings is 1. The zero-order valence-electron chi connectivity index (χ0n) is 12.8. The third-order valence-corrected chi connectivity index (χ3v) is 4.23. The van der Waals surface area contributed by atoms with Gasteiger partial charge >= 0.3 is 0 Å². The molecule has 1 N–H and O–H groups in total. The van der Waals surface area contributed by atoms with Gasteiger partial charge in [0, 0.05) is 26.3 Å². The van der Waals surface area contributed by atoms with Crippen LogP contribution in [-0.4, -0.2) is 40.2 Å². The summed E-state index contributed by atoms with van der Waals surface area (Å²) in [6.07, 6.45) is 1.47. The number of rotatable bonds is 5. The molecule has 1 aromatic carbocycles. The summed E-state index contributed by atoms with van der Waals surface area (Å²) in [5, 5.41) is 15.8. The standard InChI is InChI=1S/C15H16N6OS/c1-20(2)12-5-3-4-11(8-12)9-16-15(22)14-13(6-7-23-14)21-10-17-18-19-21/h3-8,10H,9H2,1-2H3,(H,16,22). The number of hydrogen-bond donors (Lipinski definition) is 1. The summed E-state index contributed by atoms with van der Waals surface area (Å²) < 4.78 is 1.48. The molecule has 0 spiro atoms. The molecule has 0 aliphatic carbocycles. The second-order valence-electron chi connectivity index (χ2n) is 5.14. The first-order valence-corrected chi connectivity index (χ1v) is 7.88. The zero-order chi connectivity index (χ0) is 16.2. The molecule has 3 rings (SSSR count). The first-order valence-electron chi connectivity index (χ1n) is 7.00. The maximum atomic E-state index is 12.4. The Morgan fingerprint density at radius 3 is 2.96 bits per heavy atom. The van der Waals surface area contributed by atoms with Crippen LogP contribution in [0.15, 0.2) is 42.0 Å². The molecular formula is C15H16N6OS. The number of anilines is 1. The highest BCUT2D eigenvalue weighted by Gasteiger charge is 2.15. The topological polar surface area (TPSA) is 75.9 Å². The minimum absolute atomic E-state index is 0.138. The number of carbonyl (C=O) groups excluding carboxylic acids is 1. The van der Waals surface area contributed by atoms with E-state index in [-0.39, 0.29) is 5.91 Å². The molecule has 3 aromatic rings. The van der Waals surface area contributed by atoms with E-state index in [1.165, 1.54) is 22.3 Å². The van der Waals surface area contributed by atoms with Crippen LogP contribution in [0.4, 0.5) is 5.69 Å². The smallest absolute Gasteiger partial charge is 0.263 e. The molecule has 0 radical (unpaired) electrons. The fraction of sp³-hybridized carbons (Fsp3) is 0.200. The van der Waals surface area contributed by atoms with Gasteiger partial charge in [-0.25, -0.2) is 0 Å². The molecule has 0 saturated carbocycles. The Morgan fingerprint density at radius 1 is 1.35 bits per heavy atom. The molecule has 8 heteroatoms. The first kappa shape index (κ1) is 15.2. The number of nitrogens with one attached hydrogen (secondary N) is 1. The highest BCUT2D eigenvalue weighted by Crippen LogP contribution is 2.20. The molecule has 2 aromatic heterocycles. The third kappa shape index (κ3) is 3.37. The van der Waals surface area contributed by atoms with Gasteiger partial charge in [-0.1, -0.05) is 12.1 Å². The van der Waals surface area contributed by atoms with Crippen molar-refractivity contribution in [3.05, 3.63) is 52.5 Å². The Hall–Kier alpha value is -2.74. The highest BCUT2D eigenvalue weighted by molar-refractivity contribution is 7.12. The average Bonchev–Trinajstić information content (AvgIpc) is 3.23. The van der Waals surface area contributed by atoms with Crippen molar-refractivity contribution in [2.45, 2.75) is 6.54 Å². The van der Waals surface area contributed by atoms with E-state index in [4.69, 9.17) is 0 Å². The van der Waals surface area contributed by atoms with Crippen LogP contribution in [0.25, 0.3) is 5.69 Å². The second-order valence-corrected chi connectivity index (χ2v) is 6.05. The summed E-state index contributed by atoms with van der Waals surface area (Å²) in [7, 11) is 3.98. The van der Waals surface area contributed by atoms with Gasteiger partial charge < -0.3 is 10.2 Å². The third-order valence-electron chi connectivity index (χ3n) is 3.33. The SMILES string of the molecule is CN(C)c1cccc(CNC(=O)c2sccc2-n2cnnn2)c1. The van der Waals surface area contributed by atoms with Gasteiger partial charge in [-0.2, -0.15) is 4.68 Å². The van der Waals surface area contributed by atoms with Crippen molar-refractivity contribution in [2.75, 3.05) is 19.0 Å². The largest absolute Gasteiger partial charge is 0.378 e. The van der Waals surface area contributed by atoms with Crippen molar-refractivity contribution in [1.82, 2.24) is 25.5 Å². The Bertz CT molecular complexity index is 796. The van der Waals surface area contributed by atoms with Gasteiger partial charge in [0.2, 0.25) is 0 Å². The number of nitrogens with zero attached hydrogens (tertiary/aromatic N) is 5. The quantitative estimate of drug-likeness (QED) is 0.772. The van der Waals surface area contributed by atoms with E-state index >= 15 is 0 Å². The van der Waals surface area contributed by atoms with E-state index in [1.807, 2.05) is 48.6 Å². The van der Waals surface area contributed by atoms with Gasteiger partial charge in [0.25, 0.3) is 5.91 Å². The fourth-order valence-corrected chi connectivity index (χ4v) is 2.93. The summed E-state index contributed by atoms with van der Waals surface area (Å²) in [5.74, 6) is -0.138. The summed E-state index contributed by atoms with van der Waals surface area (Å²) >= 11 is 1.36. The number of thiophene rings is 1. The molecule has 1 amide bonds. The van der Waals surface area contributed by atoms with Crippen molar-refractivity contribution in [3.63, 3.8) is 0 Å². The minimum atomic E-state index is -0.138. The Morgan fingerprint density at radius 2 is 2.22 bits per heavy atom. The number of hydrogen-bond acceptors (Lipinski definition) is 6. The van der Waals surface area contributed by atoms with Crippen molar-refractivity contribution < 1.29 is 4.79 Å². The molecule has 23 heavy (non-hydrogen) atoms. The highest BCUT2D eigenvalue weighted by atomic mass is 32.1. The van der Waals surface area contributed by atoms with Gasteiger partial charge in [0.05, 0.1) is 5.69 Å². The van der Waals surface area contributed by atoms with Crippen LogP contribution in [0.1, 0.15) is 15.2 Å². The lowest BCUT2D eigenvalue weighted by molar-refractivity contribution is 0.0955. The molecule has 118 valence electrons. The summed E-state index contributed by atoms with van der Waals surface area (Å²) in [6, 6.07) is 9.87. The van der Waals surface area contributed by atoms with E-state index < -0.39 is 0 Å². The van der Waals surface area contributed by atoms with Gasteiger partial charge in [-0.05, 0) is 39.6 Å². The van der Waals surface area contributed by atoms with Gasteiger partial charge in [-0.3, -0.25) is 4.79 Å². The van der Waals surface area contributed by atoms with Crippen LogP contribution in [0.3, 0.4) is 0 Å². The number of aromatic nitrogens is 4. The van der Waals surface area contributed by atoms with Crippen LogP contribution in [0, 0.1) is 0 Å². The van der Waals surface area contributed by atoms with Crippen molar-refractivity contribution in [1.29, 1.82) is 0 Å². The number of amides is 1. The van der Waals surface area contributed by atoms with Crippen LogP contribution in [-0.2, 0) is 6.54 Å². The molecule has 0 aliphatic heterocycles. The van der Waals surface area contributed by atoms with Gasteiger partial charge in [0.15, 0.2) is 0 Å². The van der Waals surface area contributed by atoms with Crippen LogP contribution < -0.4 is 10.2 Å². The van der Waals surface area contributed by atoms with E-state index in [1.54, 1.807) is 0 Å². The summed E-state index contributed by atoms with van der Waals surface area (Å²) in [4.78, 5) is 15.0. The number of carbonyl (C=O) groups is 1. The van der Waals surface area contributed by atoms with Crippen molar-refractivity contribution in [2.24, 2.45) is 0 Å². The normalized spacial score (nSPS) is 10.5. The van der Waals surface area contributed by atoms with Crippen LogP contribution in [0.2, 0.25) is 0 Å². The van der Waals surface area contributed by atoms with E-state index in [0.717, 1.165) is 11.3 Å². The molecule has 0 bridgehead atoms. The van der Waals surface area contributed by atoms with E-state index in [2.05, 4.69) is 26.9 Å². The Kier molecular flexibility index (Phi) is 4.33. The molecule has 2 heterocycles. The molecule has 0 fully saturated rings. The maximum absolute atomic E-state index is 12.4. The predicted molar refractivity (Wildman–Crippen MR) is 89.0 cm³/mol. The predicted octanol–water partition coefficient (Wildman–Crippen LogP) is 1.72. The lowest BCUT2D eigenvalue weighted by Gasteiger charge is -2.13. The van der Waals surface area contributed by atoms with Crippen molar-refractivity contribution >= 4 is 22.9 Å². The molecule has 0 atom stereocenters. The Balaban J connectivity index is 1.71. The van der Waals surface area contributed by atoms with Gasteiger partial charge in [0.1, 0.15) is 11.2 Å². The fourth-order valence-electron chi connectivity index (χ4n) is 2.13. The second kappa shape index (κ2) is 6.57. The first-order chi connectivity index (χ1) is 11.1. The zero-order valence-corrected chi connectivity index (χ0v) is 13.6. The van der Waals surface area contributed by atoms with Gasteiger partial charge in [-0.15, -0.1) is 16.4 Å². The molecule has 0 aliphatic rings. The number of benzene rings is 1. The van der Waals surface area contributed by atoms with Crippen LogP contribution in [0.5, 0.6) is 0 Å². The molecule has 0 unspecified atom stereocenters. The van der Waals surface area contributed by atoms with Crippen LogP contribution >= 0.6 is 11.3 Å². The molecule has 0 saturated heterocycles. The van der Waals surface area contributed by atoms with Crippen molar-refractivity contribution in [3.8, 4) is 5.69 Å². The molecular weight excluding hydrogens is 312 g/mol. The summed E-state index contributed by atoms with van der Waals surface area (Å²) in [5.41, 5.74) is 2.83. The monoisotopic (exact) mass is 328 g/mol. The lowest BCUT2D eigenvalue weighted by Crippen LogP contribution is -2.23. The molecule has 7 nitrogen and oxygen atoms in total. The van der Waals surface area contributed by atoms with E-state index in [9.17, 15) is 4.79 Å². The maximum Gasteiger partial charge on any atom is 0.263 e. The lowest BCUT2D eigenvalue weighted by atomic mass is 10.2. The Labute approximate surface area is 137 Å².